The monoisotopic (exact) mass is 396 g/mol. The number of ether oxygens (including phenoxy) is 3. The lowest BCUT2D eigenvalue weighted by Crippen LogP contribution is -1.88. The van der Waals surface area contributed by atoms with Crippen molar-refractivity contribution in [1.29, 1.82) is 0 Å². The summed E-state index contributed by atoms with van der Waals surface area (Å²) in [5.41, 5.74) is 0. The van der Waals surface area contributed by atoms with Crippen LogP contribution in [0.2, 0.25) is 0 Å². The smallest absolute Gasteiger partial charge is 0.302 e. The quantitative estimate of drug-likeness (QED) is 0.654. The molecule has 0 fully saturated rings. The molecule has 0 radical (unpaired) electrons. The molecule has 164 valence electrons. The van der Waals surface area contributed by atoms with E-state index in [-0.39, 0.29) is 29.3 Å². The first-order valence-electron chi connectivity index (χ1n) is 8.18. The third-order valence-electron chi connectivity index (χ3n) is 1.57. The van der Waals surface area contributed by atoms with Crippen molar-refractivity contribution in [3.8, 4) is 0 Å². The van der Waals surface area contributed by atoms with Gasteiger partial charge in [-0.05, 0) is 27.7 Å². The Labute approximate surface area is 164 Å². The number of hydrogen-bond acceptors (Lipinski definition) is 8. The van der Waals surface area contributed by atoms with Crippen molar-refractivity contribution in [1.82, 2.24) is 0 Å². The van der Waals surface area contributed by atoms with Gasteiger partial charge in [-0.3, -0.25) is 9.59 Å². The molecular weight excluding hydrogens is 356 g/mol. The van der Waals surface area contributed by atoms with E-state index in [2.05, 4.69) is 14.2 Å². The van der Waals surface area contributed by atoms with Gasteiger partial charge in [-0.2, -0.15) is 0 Å². The molecule has 0 aliphatic heterocycles. The molecule has 0 heterocycles. The lowest BCUT2D eigenvalue weighted by Gasteiger charge is -1.80. The summed E-state index contributed by atoms with van der Waals surface area (Å²) in [6.45, 7) is 12.6. The van der Waals surface area contributed by atoms with Gasteiger partial charge in [0.15, 0.2) is 0 Å². The molecule has 0 aromatic carbocycles. The standard InChI is InChI=1S/2C4H8O.2C3H6O2.C3H6O.C2H6O/c2*1-3-4(2)5;2*1-3(4)5-2;1-3(2)4;1-3-2/h2*3H2,1-2H3;2*1-2H3;1-2H3;1-2H3. The maximum Gasteiger partial charge on any atom is 0.302 e. The van der Waals surface area contributed by atoms with E-state index >= 15 is 0 Å². The van der Waals surface area contributed by atoms with Crippen LogP contribution in [0, 0.1) is 0 Å². The molecule has 0 aliphatic carbocycles. The van der Waals surface area contributed by atoms with Gasteiger partial charge in [-0.15, -0.1) is 0 Å². The summed E-state index contributed by atoms with van der Waals surface area (Å²) in [6, 6.07) is 0. The van der Waals surface area contributed by atoms with Gasteiger partial charge in [0.2, 0.25) is 0 Å². The van der Waals surface area contributed by atoms with E-state index in [1.165, 1.54) is 41.9 Å². The first-order valence-corrected chi connectivity index (χ1v) is 8.18. The fourth-order valence-electron chi connectivity index (χ4n) is 0. The average molecular weight is 397 g/mol. The number of rotatable bonds is 2. The molecule has 0 atom stereocenters. The summed E-state index contributed by atoms with van der Waals surface area (Å²) in [5.74, 6) is 0.185. The second kappa shape index (κ2) is 39.1. The summed E-state index contributed by atoms with van der Waals surface area (Å²) < 4.78 is 12.5. The molecule has 0 amide bonds. The molecule has 0 rings (SSSR count). The molecule has 0 saturated heterocycles. The molecule has 27 heavy (non-hydrogen) atoms. The predicted molar refractivity (Wildman–Crippen MR) is 107 cm³/mol. The van der Waals surface area contributed by atoms with Crippen molar-refractivity contribution in [2.45, 2.75) is 68.2 Å². The van der Waals surface area contributed by atoms with E-state index in [0.29, 0.717) is 12.8 Å². The van der Waals surface area contributed by atoms with Gasteiger partial charge in [0, 0.05) is 40.9 Å². The highest BCUT2D eigenvalue weighted by molar-refractivity contribution is 5.75. The van der Waals surface area contributed by atoms with Crippen LogP contribution in [0.25, 0.3) is 0 Å². The van der Waals surface area contributed by atoms with Crippen molar-refractivity contribution in [2.24, 2.45) is 0 Å². The number of Topliss-reactive ketones (excluding diaryl/α,β-unsaturated/α-hetero) is 3. The molecule has 0 bridgehead atoms. The largest absolute Gasteiger partial charge is 0.469 e. The number of carbonyl (C=O) groups excluding carboxylic acids is 5. The highest BCUT2D eigenvalue weighted by Gasteiger charge is 1.77. The molecule has 8 nitrogen and oxygen atoms in total. The van der Waals surface area contributed by atoms with E-state index in [9.17, 15) is 24.0 Å². The Bertz CT molecular complexity index is 303. The maximum absolute atomic E-state index is 9.81. The maximum atomic E-state index is 9.81. The molecule has 0 unspecified atom stereocenters. The molecular formula is C19H40O8. The summed E-state index contributed by atoms with van der Waals surface area (Å²) >= 11 is 0. The SMILES string of the molecule is CC(C)=O.CCC(C)=O.CCC(C)=O.COC.COC(C)=O.COC(C)=O. The Morgan fingerprint density at radius 1 is 0.556 bits per heavy atom. The number of carbonyl (C=O) groups is 5. The molecule has 0 spiro atoms. The highest BCUT2D eigenvalue weighted by atomic mass is 16.5. The van der Waals surface area contributed by atoms with E-state index in [0.717, 1.165) is 0 Å². The zero-order chi connectivity index (χ0) is 23.4. The lowest BCUT2D eigenvalue weighted by molar-refractivity contribution is -0.138. The minimum absolute atomic E-state index is 0.167. The van der Waals surface area contributed by atoms with Crippen LogP contribution in [0.4, 0.5) is 0 Å². The van der Waals surface area contributed by atoms with Crippen molar-refractivity contribution >= 4 is 29.3 Å². The van der Waals surface area contributed by atoms with Gasteiger partial charge in [0.25, 0.3) is 0 Å². The van der Waals surface area contributed by atoms with E-state index in [1.807, 2.05) is 13.8 Å². The van der Waals surface area contributed by atoms with Crippen LogP contribution in [-0.2, 0) is 38.2 Å². The van der Waals surface area contributed by atoms with E-state index < -0.39 is 0 Å². The first kappa shape index (κ1) is 39.8. The van der Waals surface area contributed by atoms with Crippen molar-refractivity contribution in [3.63, 3.8) is 0 Å². The van der Waals surface area contributed by atoms with Crippen LogP contribution < -0.4 is 0 Å². The van der Waals surface area contributed by atoms with Gasteiger partial charge in [0.05, 0.1) is 14.2 Å². The number of esters is 2. The van der Waals surface area contributed by atoms with Crippen LogP contribution in [0.1, 0.15) is 68.2 Å². The zero-order valence-corrected chi connectivity index (χ0v) is 19.2. The Balaban J connectivity index is -0.0000000494. The normalized spacial score (nSPS) is 6.96. The summed E-state index contributed by atoms with van der Waals surface area (Å²) in [5, 5.41) is 0. The molecule has 8 heteroatoms. The minimum atomic E-state index is -0.245. The zero-order valence-electron chi connectivity index (χ0n) is 19.2. The Morgan fingerprint density at radius 2 is 0.630 bits per heavy atom. The summed E-state index contributed by atoms with van der Waals surface area (Å²) in [4.78, 5) is 48.2. The van der Waals surface area contributed by atoms with E-state index in [4.69, 9.17) is 0 Å². The number of ketones is 3. The minimum Gasteiger partial charge on any atom is -0.469 e. The highest BCUT2D eigenvalue weighted by Crippen LogP contribution is 1.72. The van der Waals surface area contributed by atoms with Crippen LogP contribution in [-0.4, -0.2) is 57.7 Å². The summed E-state index contributed by atoms with van der Waals surface area (Å²) in [6.07, 6.45) is 1.33. The van der Waals surface area contributed by atoms with Crippen LogP contribution >= 0.6 is 0 Å². The van der Waals surface area contributed by atoms with Gasteiger partial charge in [-0.1, -0.05) is 13.8 Å². The Hall–Kier alpha value is -2.09. The van der Waals surface area contributed by atoms with Crippen LogP contribution in [0.15, 0.2) is 0 Å². The molecule has 0 aromatic heterocycles. The Morgan fingerprint density at radius 3 is 0.630 bits per heavy atom. The molecule has 0 N–H and O–H groups in total. The van der Waals surface area contributed by atoms with Gasteiger partial charge in [0.1, 0.15) is 17.3 Å². The average Bonchev–Trinajstić information content (AvgIpc) is 2.56. The van der Waals surface area contributed by atoms with Crippen molar-refractivity contribution in [3.05, 3.63) is 0 Å². The first-order chi connectivity index (χ1) is 12.2. The molecule has 0 aliphatic rings. The number of hydrogen-bond donors (Lipinski definition) is 0. The van der Waals surface area contributed by atoms with Crippen molar-refractivity contribution in [2.75, 3.05) is 28.4 Å². The van der Waals surface area contributed by atoms with Crippen LogP contribution in [0.5, 0.6) is 0 Å². The lowest BCUT2D eigenvalue weighted by atomic mass is 10.4. The third-order valence-corrected chi connectivity index (χ3v) is 1.57. The topological polar surface area (TPSA) is 113 Å². The Kier molecular flexibility index (Phi) is 57.7. The number of methoxy groups -OCH3 is 3. The van der Waals surface area contributed by atoms with Gasteiger partial charge < -0.3 is 28.6 Å². The van der Waals surface area contributed by atoms with Gasteiger partial charge in [-0.25, -0.2) is 0 Å². The summed E-state index contributed by atoms with van der Waals surface area (Å²) in [7, 11) is 5.95. The molecule has 0 saturated carbocycles. The second-order valence-corrected chi connectivity index (χ2v) is 4.82. The molecule has 0 aromatic rings. The van der Waals surface area contributed by atoms with Crippen LogP contribution in [0.3, 0.4) is 0 Å². The van der Waals surface area contributed by atoms with Crippen molar-refractivity contribution < 1.29 is 38.2 Å². The third kappa shape index (κ3) is 329. The van der Waals surface area contributed by atoms with E-state index in [1.54, 1.807) is 28.1 Å². The second-order valence-electron chi connectivity index (χ2n) is 4.82. The van der Waals surface area contributed by atoms with Gasteiger partial charge >= 0.3 is 11.9 Å². The fourth-order valence-corrected chi connectivity index (χ4v) is 0. The fraction of sp³-hybridized carbons (Fsp3) is 0.737. The predicted octanol–water partition coefficient (Wildman–Crippen LogP) is 3.19.